The van der Waals surface area contributed by atoms with Crippen LogP contribution in [0, 0.1) is 12.8 Å². The van der Waals surface area contributed by atoms with Crippen molar-refractivity contribution in [2.75, 3.05) is 24.5 Å². The van der Waals surface area contributed by atoms with Crippen molar-refractivity contribution in [3.05, 3.63) is 54.0 Å². The van der Waals surface area contributed by atoms with E-state index in [1.807, 2.05) is 13.0 Å². The first-order chi connectivity index (χ1) is 10.2. The summed E-state index contributed by atoms with van der Waals surface area (Å²) < 4.78 is 5.16. The molecule has 2 heterocycles. The van der Waals surface area contributed by atoms with Gasteiger partial charge in [0, 0.05) is 25.3 Å². The van der Waals surface area contributed by atoms with E-state index in [1.165, 1.54) is 5.69 Å². The first-order valence-electron chi connectivity index (χ1n) is 7.36. The lowest BCUT2D eigenvalue weighted by Crippen LogP contribution is -2.31. The Balaban J connectivity index is 1.52. The third-order valence-corrected chi connectivity index (χ3v) is 4.06. The molecular weight excluding hydrogens is 264 g/mol. The molecule has 1 aromatic heterocycles. The molecule has 1 aromatic carbocycles. The van der Waals surface area contributed by atoms with Crippen LogP contribution in [0.25, 0.3) is 0 Å². The third kappa shape index (κ3) is 3.10. The lowest BCUT2D eigenvalue weighted by Gasteiger charge is -2.18. The SMILES string of the molecule is Cc1occc1C(=O)NC[C@@H]1CCN(c2ccccc2)C1. The molecule has 3 rings (SSSR count). The number of carbonyl (C=O) groups excluding carboxylic acids is 1. The van der Waals surface area contributed by atoms with Gasteiger partial charge in [-0.2, -0.15) is 0 Å². The first-order valence-corrected chi connectivity index (χ1v) is 7.36. The van der Waals surface area contributed by atoms with Crippen molar-refractivity contribution in [1.29, 1.82) is 0 Å². The second kappa shape index (κ2) is 6.04. The molecular formula is C17H20N2O2. The first kappa shape index (κ1) is 13.7. The molecule has 21 heavy (non-hydrogen) atoms. The number of aryl methyl sites for hydroxylation is 1. The smallest absolute Gasteiger partial charge is 0.254 e. The lowest BCUT2D eigenvalue weighted by molar-refractivity contribution is 0.0947. The van der Waals surface area contributed by atoms with E-state index in [4.69, 9.17) is 4.42 Å². The minimum Gasteiger partial charge on any atom is -0.469 e. The number of benzene rings is 1. The van der Waals surface area contributed by atoms with Gasteiger partial charge < -0.3 is 14.6 Å². The highest BCUT2D eigenvalue weighted by Crippen LogP contribution is 2.23. The van der Waals surface area contributed by atoms with Crippen LogP contribution in [0.1, 0.15) is 22.5 Å². The van der Waals surface area contributed by atoms with Gasteiger partial charge in [0.05, 0.1) is 11.8 Å². The number of hydrogen-bond donors (Lipinski definition) is 1. The van der Waals surface area contributed by atoms with Crippen LogP contribution >= 0.6 is 0 Å². The number of nitrogens with one attached hydrogen (secondary N) is 1. The Morgan fingerprint density at radius 2 is 2.14 bits per heavy atom. The van der Waals surface area contributed by atoms with Crippen molar-refractivity contribution in [2.24, 2.45) is 5.92 Å². The van der Waals surface area contributed by atoms with Gasteiger partial charge in [-0.25, -0.2) is 0 Å². The molecule has 1 aliphatic rings. The fourth-order valence-electron chi connectivity index (χ4n) is 2.83. The maximum atomic E-state index is 12.1. The van der Waals surface area contributed by atoms with E-state index in [1.54, 1.807) is 12.3 Å². The zero-order valence-corrected chi connectivity index (χ0v) is 12.2. The van der Waals surface area contributed by atoms with E-state index < -0.39 is 0 Å². The standard InChI is InChI=1S/C17H20N2O2/c1-13-16(8-10-21-13)17(20)18-11-14-7-9-19(12-14)15-5-3-2-4-6-15/h2-6,8,10,14H,7,9,11-12H2,1H3,(H,18,20)/t14-/m0/s1. The quantitative estimate of drug-likeness (QED) is 0.939. The van der Waals surface area contributed by atoms with Crippen molar-refractivity contribution >= 4 is 11.6 Å². The Labute approximate surface area is 124 Å². The average molecular weight is 284 g/mol. The molecule has 4 nitrogen and oxygen atoms in total. The van der Waals surface area contributed by atoms with E-state index >= 15 is 0 Å². The van der Waals surface area contributed by atoms with Crippen LogP contribution in [0.4, 0.5) is 5.69 Å². The highest BCUT2D eigenvalue weighted by atomic mass is 16.3. The predicted molar refractivity (Wildman–Crippen MR) is 82.5 cm³/mol. The van der Waals surface area contributed by atoms with Crippen molar-refractivity contribution in [2.45, 2.75) is 13.3 Å². The van der Waals surface area contributed by atoms with E-state index in [9.17, 15) is 4.79 Å². The summed E-state index contributed by atoms with van der Waals surface area (Å²) in [6.07, 6.45) is 2.66. The Morgan fingerprint density at radius 1 is 1.33 bits per heavy atom. The number of rotatable bonds is 4. The summed E-state index contributed by atoms with van der Waals surface area (Å²) in [5.74, 6) is 1.13. The fourth-order valence-corrected chi connectivity index (χ4v) is 2.83. The summed E-state index contributed by atoms with van der Waals surface area (Å²) in [7, 11) is 0. The number of furan rings is 1. The number of hydrogen-bond acceptors (Lipinski definition) is 3. The Morgan fingerprint density at radius 3 is 2.86 bits per heavy atom. The van der Waals surface area contributed by atoms with E-state index in [0.717, 1.165) is 19.5 Å². The van der Waals surface area contributed by atoms with Gasteiger partial charge in [-0.05, 0) is 37.5 Å². The molecule has 0 radical (unpaired) electrons. The minimum atomic E-state index is -0.0422. The zero-order chi connectivity index (χ0) is 14.7. The van der Waals surface area contributed by atoms with Crippen LogP contribution in [0.15, 0.2) is 47.1 Å². The molecule has 0 saturated carbocycles. The van der Waals surface area contributed by atoms with Gasteiger partial charge in [0.1, 0.15) is 5.76 Å². The van der Waals surface area contributed by atoms with Crippen LogP contribution in [0.2, 0.25) is 0 Å². The molecule has 0 aliphatic carbocycles. The van der Waals surface area contributed by atoms with Gasteiger partial charge >= 0.3 is 0 Å². The molecule has 0 spiro atoms. The van der Waals surface area contributed by atoms with Crippen molar-refractivity contribution in [3.8, 4) is 0 Å². The monoisotopic (exact) mass is 284 g/mol. The van der Waals surface area contributed by atoms with Gasteiger partial charge in [-0.3, -0.25) is 4.79 Å². The van der Waals surface area contributed by atoms with E-state index in [0.29, 0.717) is 23.8 Å². The van der Waals surface area contributed by atoms with Crippen molar-refractivity contribution < 1.29 is 9.21 Å². The van der Waals surface area contributed by atoms with Gasteiger partial charge in [0.2, 0.25) is 0 Å². The highest BCUT2D eigenvalue weighted by Gasteiger charge is 2.23. The van der Waals surface area contributed by atoms with Gasteiger partial charge in [0.25, 0.3) is 5.91 Å². The predicted octanol–water partition coefficient (Wildman–Crippen LogP) is 2.84. The van der Waals surface area contributed by atoms with E-state index in [-0.39, 0.29) is 5.91 Å². The molecule has 110 valence electrons. The second-order valence-corrected chi connectivity index (χ2v) is 5.54. The summed E-state index contributed by atoms with van der Waals surface area (Å²) in [6.45, 7) is 4.57. The van der Waals surface area contributed by atoms with Gasteiger partial charge in [-0.1, -0.05) is 18.2 Å². The fraction of sp³-hybridized carbons (Fsp3) is 0.353. The van der Waals surface area contributed by atoms with Crippen molar-refractivity contribution in [3.63, 3.8) is 0 Å². The molecule has 2 aromatic rings. The van der Waals surface area contributed by atoms with Crippen LogP contribution in [-0.4, -0.2) is 25.5 Å². The van der Waals surface area contributed by atoms with Crippen LogP contribution < -0.4 is 10.2 Å². The number of para-hydroxylation sites is 1. The summed E-state index contributed by atoms with van der Waals surface area (Å²) in [4.78, 5) is 14.4. The number of nitrogens with zero attached hydrogens (tertiary/aromatic N) is 1. The number of amides is 1. The second-order valence-electron chi connectivity index (χ2n) is 5.54. The summed E-state index contributed by atoms with van der Waals surface area (Å²) in [5, 5.41) is 3.01. The molecule has 1 aliphatic heterocycles. The Kier molecular flexibility index (Phi) is 3.95. The molecule has 0 unspecified atom stereocenters. The topological polar surface area (TPSA) is 45.5 Å². The molecule has 1 N–H and O–H groups in total. The third-order valence-electron chi connectivity index (χ3n) is 4.06. The lowest BCUT2D eigenvalue weighted by atomic mass is 10.1. The zero-order valence-electron chi connectivity index (χ0n) is 12.2. The Bertz CT molecular complexity index is 606. The number of anilines is 1. The summed E-state index contributed by atoms with van der Waals surface area (Å²) >= 11 is 0. The maximum Gasteiger partial charge on any atom is 0.254 e. The molecule has 0 bridgehead atoms. The Hall–Kier alpha value is -2.23. The molecule has 1 atom stereocenters. The molecule has 1 fully saturated rings. The highest BCUT2D eigenvalue weighted by molar-refractivity contribution is 5.95. The number of carbonyl (C=O) groups is 1. The van der Waals surface area contributed by atoms with Crippen LogP contribution in [0.3, 0.4) is 0 Å². The van der Waals surface area contributed by atoms with Crippen molar-refractivity contribution in [1.82, 2.24) is 5.32 Å². The van der Waals surface area contributed by atoms with Crippen LogP contribution in [-0.2, 0) is 0 Å². The van der Waals surface area contributed by atoms with Gasteiger partial charge in [0.15, 0.2) is 0 Å². The summed E-state index contributed by atoms with van der Waals surface area (Å²) in [5.41, 5.74) is 1.89. The largest absolute Gasteiger partial charge is 0.469 e. The molecule has 4 heteroatoms. The normalized spacial score (nSPS) is 18.0. The van der Waals surface area contributed by atoms with E-state index in [2.05, 4.69) is 34.5 Å². The summed E-state index contributed by atoms with van der Waals surface area (Å²) in [6, 6.07) is 12.1. The van der Waals surface area contributed by atoms with Gasteiger partial charge in [-0.15, -0.1) is 0 Å². The van der Waals surface area contributed by atoms with Crippen LogP contribution in [0.5, 0.6) is 0 Å². The molecule has 1 amide bonds. The minimum absolute atomic E-state index is 0.0422. The maximum absolute atomic E-state index is 12.1. The molecule has 1 saturated heterocycles. The average Bonchev–Trinajstić information content (AvgIpc) is 3.15.